The summed E-state index contributed by atoms with van der Waals surface area (Å²) in [5.74, 6) is 2.28. The van der Waals surface area contributed by atoms with Crippen LogP contribution in [0.1, 0.15) is 113 Å². The van der Waals surface area contributed by atoms with Crippen LogP contribution in [0.3, 0.4) is 0 Å². The summed E-state index contributed by atoms with van der Waals surface area (Å²) in [5.41, 5.74) is -1.09. The van der Waals surface area contributed by atoms with Crippen LogP contribution in [-0.4, -0.2) is 46.9 Å². The highest BCUT2D eigenvalue weighted by molar-refractivity contribution is 6.03. The Labute approximate surface area is 228 Å². The Bertz CT molecular complexity index is 924. The van der Waals surface area contributed by atoms with E-state index in [0.29, 0.717) is 18.3 Å². The number of hydrogen-bond acceptors (Lipinski definition) is 6. The molecule has 4 bridgehead atoms. The van der Waals surface area contributed by atoms with E-state index in [9.17, 15) is 19.2 Å². The SMILES string of the molecule is CCC(C)(C)C(=O)OC1(C)C2CC3CC(C2)CC1C3.CCC(C)(C)C(=O)OCC(=O)N1C(=O)C2CCCC21. The zero-order valence-electron chi connectivity index (χ0n) is 24.6. The fourth-order valence-electron chi connectivity index (χ4n) is 7.41. The maximum Gasteiger partial charge on any atom is 0.312 e. The molecule has 7 heteroatoms. The van der Waals surface area contributed by atoms with E-state index < -0.39 is 5.41 Å². The largest absolute Gasteiger partial charge is 0.458 e. The molecule has 0 aromatic rings. The normalized spacial score (nSPS) is 35.1. The molecule has 1 heterocycles. The van der Waals surface area contributed by atoms with Gasteiger partial charge in [0.25, 0.3) is 5.91 Å². The average molecular weight is 532 g/mol. The Morgan fingerprint density at radius 3 is 1.92 bits per heavy atom. The second kappa shape index (κ2) is 10.6. The van der Waals surface area contributed by atoms with Gasteiger partial charge < -0.3 is 9.47 Å². The lowest BCUT2D eigenvalue weighted by Gasteiger charge is -2.59. The van der Waals surface area contributed by atoms with Crippen LogP contribution in [0.25, 0.3) is 0 Å². The topological polar surface area (TPSA) is 90.0 Å². The highest BCUT2D eigenvalue weighted by Crippen LogP contribution is 2.59. The van der Waals surface area contributed by atoms with Gasteiger partial charge in [0.1, 0.15) is 5.60 Å². The number of likely N-dealkylation sites (tertiary alicyclic amines) is 1. The Hall–Kier alpha value is -1.92. The molecule has 38 heavy (non-hydrogen) atoms. The molecule has 0 aromatic carbocycles. The van der Waals surface area contributed by atoms with Crippen LogP contribution in [0.4, 0.5) is 0 Å². The molecule has 2 atom stereocenters. The number of carbonyl (C=O) groups is 4. The van der Waals surface area contributed by atoms with E-state index in [-0.39, 0.29) is 53.3 Å². The molecule has 0 radical (unpaired) electrons. The number of fused-ring (bicyclic) bond motifs is 1. The summed E-state index contributed by atoms with van der Waals surface area (Å²) in [7, 11) is 0. The predicted octanol–water partition coefficient (Wildman–Crippen LogP) is 5.68. The maximum atomic E-state index is 12.5. The molecule has 6 aliphatic rings. The van der Waals surface area contributed by atoms with Crippen molar-refractivity contribution in [3.05, 3.63) is 0 Å². The zero-order valence-corrected chi connectivity index (χ0v) is 24.6. The van der Waals surface area contributed by atoms with Crippen molar-refractivity contribution in [2.75, 3.05) is 6.61 Å². The number of carbonyl (C=O) groups excluding carboxylic acids is 4. The number of esters is 2. The first-order chi connectivity index (χ1) is 17.7. The van der Waals surface area contributed by atoms with Crippen LogP contribution < -0.4 is 0 Å². The Morgan fingerprint density at radius 1 is 0.868 bits per heavy atom. The molecule has 0 N–H and O–H groups in total. The lowest BCUT2D eigenvalue weighted by molar-refractivity contribution is -0.211. The summed E-state index contributed by atoms with van der Waals surface area (Å²) in [6.07, 6.45) is 10.9. The van der Waals surface area contributed by atoms with Gasteiger partial charge in [-0.05, 0) is 116 Å². The van der Waals surface area contributed by atoms with Crippen molar-refractivity contribution in [3.8, 4) is 0 Å². The highest BCUT2D eigenvalue weighted by atomic mass is 16.6. The number of nitrogens with zero attached hydrogens (tertiary/aromatic N) is 1. The molecule has 0 spiro atoms. The van der Waals surface area contributed by atoms with Gasteiger partial charge in [-0.2, -0.15) is 0 Å². The third-order valence-corrected chi connectivity index (χ3v) is 10.9. The van der Waals surface area contributed by atoms with Gasteiger partial charge in [0.15, 0.2) is 6.61 Å². The Balaban J connectivity index is 0.000000177. The number of rotatable bonds is 7. The van der Waals surface area contributed by atoms with Crippen molar-refractivity contribution < 1.29 is 28.7 Å². The smallest absolute Gasteiger partial charge is 0.312 e. The molecule has 2 unspecified atom stereocenters. The molecular weight excluding hydrogens is 482 g/mol. The van der Waals surface area contributed by atoms with Gasteiger partial charge in [0, 0.05) is 0 Å². The lowest BCUT2D eigenvalue weighted by atomic mass is 9.50. The average Bonchev–Trinajstić information content (AvgIpc) is 3.29. The van der Waals surface area contributed by atoms with Crippen molar-refractivity contribution in [3.63, 3.8) is 0 Å². The summed E-state index contributed by atoms with van der Waals surface area (Å²) < 4.78 is 11.2. The van der Waals surface area contributed by atoms with Gasteiger partial charge in [-0.25, -0.2) is 0 Å². The maximum absolute atomic E-state index is 12.5. The van der Waals surface area contributed by atoms with E-state index in [2.05, 4.69) is 13.8 Å². The Kier molecular flexibility index (Phi) is 8.09. The van der Waals surface area contributed by atoms with Crippen molar-refractivity contribution in [2.45, 2.75) is 124 Å². The number of hydrogen-bond donors (Lipinski definition) is 0. The summed E-state index contributed by atoms with van der Waals surface area (Å²) in [6.45, 7) is 13.4. The second-order valence-corrected chi connectivity index (χ2v) is 14.1. The van der Waals surface area contributed by atoms with Crippen LogP contribution in [-0.2, 0) is 28.7 Å². The molecule has 1 aliphatic heterocycles. The summed E-state index contributed by atoms with van der Waals surface area (Å²) in [5, 5.41) is 0. The zero-order chi connectivity index (χ0) is 28.0. The van der Waals surface area contributed by atoms with Crippen LogP contribution in [0.15, 0.2) is 0 Å². The summed E-state index contributed by atoms with van der Waals surface area (Å²) in [4.78, 5) is 49.2. The fraction of sp³-hybridized carbons (Fsp3) is 0.871. The number of amides is 2. The van der Waals surface area contributed by atoms with Crippen molar-refractivity contribution in [1.29, 1.82) is 0 Å². The summed E-state index contributed by atoms with van der Waals surface area (Å²) >= 11 is 0. The van der Waals surface area contributed by atoms with E-state index in [4.69, 9.17) is 9.47 Å². The molecular formula is C31H49NO6. The number of ether oxygens (including phenoxy) is 2. The number of β-lactam (4-membered cyclic amide) rings is 1. The first-order valence-corrected chi connectivity index (χ1v) is 15.0. The van der Waals surface area contributed by atoms with Crippen LogP contribution in [0.2, 0.25) is 0 Å². The van der Waals surface area contributed by atoms with E-state index in [1.165, 1.54) is 37.0 Å². The molecule has 214 valence electrons. The molecule has 0 aromatic heterocycles. The van der Waals surface area contributed by atoms with Crippen LogP contribution in [0.5, 0.6) is 0 Å². The first kappa shape index (κ1) is 29.1. The van der Waals surface area contributed by atoms with Gasteiger partial charge in [-0.1, -0.05) is 20.3 Å². The summed E-state index contributed by atoms with van der Waals surface area (Å²) in [6, 6.07) is 0.0536. The van der Waals surface area contributed by atoms with E-state index in [1.807, 2.05) is 20.8 Å². The van der Waals surface area contributed by atoms with Gasteiger partial charge >= 0.3 is 11.9 Å². The standard InChI is InChI=1S/C17H28O2.C14H21NO4/c1-5-16(2,3)15(18)19-17(4)13-7-11-6-12(9-13)10-14(17)8-11;1-4-14(2,3)13(18)19-8-11(16)15-10-7-5-6-9(10)12(15)17/h11-14H,5-10H2,1-4H3;9-10H,4-8H2,1-3H3. The first-order valence-electron chi connectivity index (χ1n) is 15.0. The molecule has 6 rings (SSSR count). The van der Waals surface area contributed by atoms with E-state index >= 15 is 0 Å². The fourth-order valence-corrected chi connectivity index (χ4v) is 7.41. The lowest BCUT2D eigenvalue weighted by Crippen LogP contribution is -2.61. The molecule has 2 amide bonds. The monoisotopic (exact) mass is 531 g/mol. The van der Waals surface area contributed by atoms with Crippen LogP contribution >= 0.6 is 0 Å². The quantitative estimate of drug-likeness (QED) is 0.310. The minimum atomic E-state index is -0.588. The van der Waals surface area contributed by atoms with Crippen molar-refractivity contribution in [1.82, 2.24) is 4.90 Å². The molecule has 6 fully saturated rings. The van der Waals surface area contributed by atoms with E-state index in [1.54, 1.807) is 13.8 Å². The molecule has 5 aliphatic carbocycles. The molecule has 7 nitrogen and oxygen atoms in total. The minimum absolute atomic E-state index is 0.0185. The molecule has 1 saturated heterocycles. The predicted molar refractivity (Wildman–Crippen MR) is 144 cm³/mol. The van der Waals surface area contributed by atoms with Gasteiger partial charge in [-0.15, -0.1) is 0 Å². The van der Waals surface area contributed by atoms with E-state index in [0.717, 1.165) is 37.5 Å². The Morgan fingerprint density at radius 2 is 1.39 bits per heavy atom. The molecule has 5 saturated carbocycles. The van der Waals surface area contributed by atoms with Crippen molar-refractivity contribution in [2.24, 2.45) is 40.4 Å². The van der Waals surface area contributed by atoms with Gasteiger partial charge in [-0.3, -0.25) is 24.1 Å². The van der Waals surface area contributed by atoms with Gasteiger partial charge in [0.05, 0.1) is 22.8 Å². The third-order valence-electron chi connectivity index (χ3n) is 10.9. The van der Waals surface area contributed by atoms with Crippen molar-refractivity contribution >= 4 is 23.8 Å². The highest BCUT2D eigenvalue weighted by Gasteiger charge is 2.57. The van der Waals surface area contributed by atoms with Gasteiger partial charge in [0.2, 0.25) is 5.91 Å². The van der Waals surface area contributed by atoms with Crippen LogP contribution in [0, 0.1) is 40.4 Å². The number of imide groups is 1. The minimum Gasteiger partial charge on any atom is -0.458 e. The second-order valence-electron chi connectivity index (χ2n) is 14.1. The third kappa shape index (κ3) is 5.28.